The minimum Gasteiger partial charge on any atom is -0.469 e. The summed E-state index contributed by atoms with van der Waals surface area (Å²) in [6.45, 7) is 1.96. The molecule has 3 nitrogen and oxygen atoms in total. The second-order valence-electron chi connectivity index (χ2n) is 2.50. The van der Waals surface area contributed by atoms with E-state index in [0.29, 0.717) is 0 Å². The molecule has 0 aliphatic carbocycles. The van der Waals surface area contributed by atoms with E-state index in [-0.39, 0.29) is 12.4 Å². The summed E-state index contributed by atoms with van der Waals surface area (Å²) in [5.41, 5.74) is 0.825. The highest BCUT2D eigenvalue weighted by atomic mass is 79.9. The summed E-state index contributed by atoms with van der Waals surface area (Å²) in [4.78, 5) is 16.3. The van der Waals surface area contributed by atoms with Gasteiger partial charge in [0.2, 0.25) is 0 Å². The summed E-state index contributed by atoms with van der Waals surface area (Å²) in [5.74, 6) is -0.241. The van der Waals surface area contributed by atoms with Crippen molar-refractivity contribution < 1.29 is 9.53 Å². The van der Waals surface area contributed by atoms with E-state index in [1.807, 2.05) is 6.92 Å². The van der Waals surface area contributed by atoms with E-state index in [1.165, 1.54) is 7.11 Å². The molecular weight excluding hydrogens is 254 g/mol. The Bertz CT molecular complexity index is 311. The van der Waals surface area contributed by atoms with Crippen LogP contribution in [-0.4, -0.2) is 18.1 Å². The fraction of sp³-hybridized carbons (Fsp3) is 0.500. The van der Waals surface area contributed by atoms with Gasteiger partial charge >= 0.3 is 5.97 Å². The van der Waals surface area contributed by atoms with Crippen molar-refractivity contribution in [2.75, 3.05) is 7.11 Å². The van der Waals surface area contributed by atoms with Gasteiger partial charge in [0.1, 0.15) is 5.01 Å². The number of halogens is 1. The first kappa shape index (κ1) is 10.7. The summed E-state index contributed by atoms with van der Waals surface area (Å²) in [6, 6.07) is 0. The van der Waals surface area contributed by atoms with Gasteiger partial charge < -0.3 is 4.74 Å². The number of carbonyl (C=O) groups is 1. The molecule has 0 aromatic carbocycles. The zero-order chi connectivity index (χ0) is 9.84. The molecule has 0 unspecified atom stereocenters. The van der Waals surface area contributed by atoms with Gasteiger partial charge in [0.05, 0.1) is 24.6 Å². The Morgan fingerprint density at radius 1 is 1.69 bits per heavy atom. The number of hydrogen-bond donors (Lipinski definition) is 0. The van der Waals surface area contributed by atoms with Crippen LogP contribution in [0.4, 0.5) is 0 Å². The summed E-state index contributed by atoms with van der Waals surface area (Å²) < 4.78 is 4.57. The third kappa shape index (κ3) is 2.77. The predicted molar refractivity (Wildman–Crippen MR) is 55.2 cm³/mol. The molecule has 5 heteroatoms. The Morgan fingerprint density at radius 3 is 2.85 bits per heavy atom. The maximum absolute atomic E-state index is 11.0. The van der Waals surface area contributed by atoms with Crippen LogP contribution in [0.2, 0.25) is 0 Å². The number of thiazole rings is 1. The van der Waals surface area contributed by atoms with Gasteiger partial charge in [-0.1, -0.05) is 15.9 Å². The first-order valence-electron chi connectivity index (χ1n) is 3.75. The maximum Gasteiger partial charge on any atom is 0.311 e. The lowest BCUT2D eigenvalue weighted by atomic mass is 10.3. The lowest BCUT2D eigenvalue weighted by molar-refractivity contribution is -0.139. The Kier molecular flexibility index (Phi) is 3.87. The zero-order valence-corrected chi connectivity index (χ0v) is 9.87. The number of esters is 1. The van der Waals surface area contributed by atoms with Crippen molar-refractivity contribution in [1.82, 2.24) is 4.98 Å². The fourth-order valence-corrected chi connectivity index (χ4v) is 2.19. The van der Waals surface area contributed by atoms with Crippen LogP contribution in [0.15, 0.2) is 0 Å². The molecule has 72 valence electrons. The van der Waals surface area contributed by atoms with Crippen molar-refractivity contribution in [3.05, 3.63) is 15.6 Å². The van der Waals surface area contributed by atoms with Crippen molar-refractivity contribution in [3.8, 4) is 0 Å². The van der Waals surface area contributed by atoms with Crippen LogP contribution in [0, 0.1) is 6.92 Å². The van der Waals surface area contributed by atoms with E-state index in [1.54, 1.807) is 11.3 Å². The minimum absolute atomic E-state index is 0.241. The first-order valence-corrected chi connectivity index (χ1v) is 5.69. The number of hydrogen-bond acceptors (Lipinski definition) is 4. The summed E-state index contributed by atoms with van der Waals surface area (Å²) in [5, 5.41) is 1.73. The second kappa shape index (κ2) is 4.72. The molecule has 0 bridgehead atoms. The highest BCUT2D eigenvalue weighted by Crippen LogP contribution is 2.19. The first-order chi connectivity index (χ1) is 6.17. The maximum atomic E-state index is 11.0. The van der Waals surface area contributed by atoms with E-state index < -0.39 is 0 Å². The van der Waals surface area contributed by atoms with E-state index in [0.717, 1.165) is 20.9 Å². The summed E-state index contributed by atoms with van der Waals surface area (Å²) >= 11 is 4.92. The third-order valence-corrected chi connectivity index (χ3v) is 3.51. The number of aryl methyl sites for hydroxylation is 1. The van der Waals surface area contributed by atoms with Gasteiger partial charge in [0.25, 0.3) is 0 Å². The summed E-state index contributed by atoms with van der Waals surface area (Å²) in [6.07, 6.45) is 0.270. The van der Waals surface area contributed by atoms with Gasteiger partial charge in [-0.25, -0.2) is 4.98 Å². The minimum atomic E-state index is -0.241. The number of ether oxygens (including phenoxy) is 1. The molecule has 13 heavy (non-hydrogen) atoms. The molecular formula is C8H10BrNO2S. The monoisotopic (exact) mass is 263 g/mol. The number of carbonyl (C=O) groups excluding carboxylic acids is 1. The van der Waals surface area contributed by atoms with E-state index in [9.17, 15) is 4.79 Å². The second-order valence-corrected chi connectivity index (χ2v) is 4.35. The molecule has 0 fully saturated rings. The van der Waals surface area contributed by atoms with E-state index >= 15 is 0 Å². The normalized spacial score (nSPS) is 10.1. The van der Waals surface area contributed by atoms with Gasteiger partial charge in [-0.15, -0.1) is 11.3 Å². The lowest BCUT2D eigenvalue weighted by Gasteiger charge is -1.95. The van der Waals surface area contributed by atoms with Crippen LogP contribution in [0.25, 0.3) is 0 Å². The molecule has 0 aliphatic rings. The topological polar surface area (TPSA) is 39.2 Å². The molecule has 1 heterocycles. The molecule has 1 rings (SSSR count). The Hall–Kier alpha value is -0.420. The molecule has 0 saturated heterocycles. The average molecular weight is 264 g/mol. The largest absolute Gasteiger partial charge is 0.469 e. The lowest BCUT2D eigenvalue weighted by Crippen LogP contribution is -2.05. The van der Waals surface area contributed by atoms with Gasteiger partial charge in [-0.3, -0.25) is 4.79 Å². The zero-order valence-electron chi connectivity index (χ0n) is 7.46. The van der Waals surface area contributed by atoms with Crippen LogP contribution in [0.5, 0.6) is 0 Å². The molecule has 0 N–H and O–H groups in total. The van der Waals surface area contributed by atoms with Gasteiger partial charge in [0, 0.05) is 4.88 Å². The number of methoxy groups -OCH3 is 1. The van der Waals surface area contributed by atoms with E-state index in [4.69, 9.17) is 0 Å². The van der Waals surface area contributed by atoms with Crippen molar-refractivity contribution >= 4 is 33.2 Å². The molecule has 0 amide bonds. The SMILES string of the molecule is COC(=O)Cc1nc(CBr)sc1C. The van der Waals surface area contributed by atoms with E-state index in [2.05, 4.69) is 25.7 Å². The third-order valence-electron chi connectivity index (χ3n) is 1.59. The predicted octanol–water partition coefficient (Wildman–Crippen LogP) is 2.06. The number of alkyl halides is 1. The standard InChI is InChI=1S/C8H10BrNO2S/c1-5-6(3-8(11)12-2)10-7(4-9)13-5/h3-4H2,1-2H3. The highest BCUT2D eigenvalue weighted by Gasteiger charge is 2.10. The fourth-order valence-electron chi connectivity index (χ4n) is 0.918. The summed E-state index contributed by atoms with van der Waals surface area (Å²) in [7, 11) is 1.38. The van der Waals surface area contributed by atoms with Gasteiger partial charge in [-0.05, 0) is 6.92 Å². The molecule has 1 aromatic rings. The quantitative estimate of drug-likeness (QED) is 0.619. The smallest absolute Gasteiger partial charge is 0.311 e. The van der Waals surface area contributed by atoms with Crippen molar-refractivity contribution in [2.24, 2.45) is 0 Å². The van der Waals surface area contributed by atoms with Crippen LogP contribution >= 0.6 is 27.3 Å². The molecule has 0 spiro atoms. The number of rotatable bonds is 3. The van der Waals surface area contributed by atoms with Crippen LogP contribution < -0.4 is 0 Å². The Morgan fingerprint density at radius 2 is 2.38 bits per heavy atom. The van der Waals surface area contributed by atoms with Gasteiger partial charge in [-0.2, -0.15) is 0 Å². The van der Waals surface area contributed by atoms with Crippen LogP contribution in [-0.2, 0) is 21.3 Å². The molecule has 0 atom stereocenters. The molecule has 0 saturated carbocycles. The van der Waals surface area contributed by atoms with Crippen LogP contribution in [0.1, 0.15) is 15.6 Å². The average Bonchev–Trinajstić information content (AvgIpc) is 2.47. The Balaban J connectivity index is 2.76. The van der Waals surface area contributed by atoms with Crippen molar-refractivity contribution in [1.29, 1.82) is 0 Å². The number of aromatic nitrogens is 1. The highest BCUT2D eigenvalue weighted by molar-refractivity contribution is 9.08. The van der Waals surface area contributed by atoms with Crippen LogP contribution in [0.3, 0.4) is 0 Å². The molecule has 0 radical (unpaired) electrons. The van der Waals surface area contributed by atoms with Gasteiger partial charge in [0.15, 0.2) is 0 Å². The van der Waals surface area contributed by atoms with Crippen molar-refractivity contribution in [3.63, 3.8) is 0 Å². The Labute approximate surface area is 89.3 Å². The number of nitrogens with zero attached hydrogens (tertiary/aromatic N) is 1. The molecule has 1 aromatic heterocycles. The molecule has 0 aliphatic heterocycles. The van der Waals surface area contributed by atoms with Crippen molar-refractivity contribution in [2.45, 2.75) is 18.7 Å².